The van der Waals surface area contributed by atoms with Gasteiger partial charge < -0.3 is 4.98 Å². The third kappa shape index (κ3) is 4.14. The summed E-state index contributed by atoms with van der Waals surface area (Å²) in [7, 11) is 2.10. The zero-order valence-corrected chi connectivity index (χ0v) is 16.4. The molecular formula is C19H23N3OS2. The number of nitrogens with zero attached hydrogens (tertiary/aromatic N) is 2. The van der Waals surface area contributed by atoms with E-state index in [-0.39, 0.29) is 5.56 Å². The van der Waals surface area contributed by atoms with Gasteiger partial charge in [0, 0.05) is 16.7 Å². The standard InChI is InChI=1S/C19H23N3OS2/c1-4-14(12-24-3)22(2)11-17-20-18(23)15-10-16(25-19(15)21-17)13-8-6-5-7-9-13/h5-10,14H,4,11-12H2,1-3H3,(H,20,21,23). The Morgan fingerprint density at radius 1 is 1.32 bits per heavy atom. The van der Waals surface area contributed by atoms with Crippen molar-refractivity contribution in [1.82, 2.24) is 14.9 Å². The average Bonchev–Trinajstić information content (AvgIpc) is 3.05. The quantitative estimate of drug-likeness (QED) is 0.673. The minimum atomic E-state index is -0.0512. The first-order chi connectivity index (χ1) is 12.1. The minimum absolute atomic E-state index is 0.0512. The Bertz CT molecular complexity index is 889. The largest absolute Gasteiger partial charge is 0.309 e. The Balaban J connectivity index is 1.90. The number of hydrogen-bond donors (Lipinski definition) is 1. The van der Waals surface area contributed by atoms with Gasteiger partial charge in [-0.1, -0.05) is 37.3 Å². The third-order valence-corrected chi connectivity index (χ3v) is 6.16. The first-order valence-electron chi connectivity index (χ1n) is 8.39. The van der Waals surface area contributed by atoms with Crippen molar-refractivity contribution in [3.05, 3.63) is 52.6 Å². The number of hydrogen-bond acceptors (Lipinski definition) is 5. The van der Waals surface area contributed by atoms with Gasteiger partial charge in [-0.25, -0.2) is 4.98 Å². The summed E-state index contributed by atoms with van der Waals surface area (Å²) >= 11 is 3.42. The molecule has 0 fully saturated rings. The van der Waals surface area contributed by atoms with Crippen molar-refractivity contribution in [2.24, 2.45) is 0 Å². The van der Waals surface area contributed by atoms with Gasteiger partial charge in [0.1, 0.15) is 10.7 Å². The minimum Gasteiger partial charge on any atom is -0.309 e. The van der Waals surface area contributed by atoms with E-state index in [9.17, 15) is 4.79 Å². The van der Waals surface area contributed by atoms with Gasteiger partial charge in [0.2, 0.25) is 0 Å². The molecule has 0 spiro atoms. The number of fused-ring (bicyclic) bond motifs is 1. The Labute approximate surface area is 156 Å². The van der Waals surface area contributed by atoms with Crippen LogP contribution in [-0.4, -0.2) is 40.0 Å². The normalized spacial score (nSPS) is 12.8. The molecule has 0 bridgehead atoms. The summed E-state index contributed by atoms with van der Waals surface area (Å²) in [4.78, 5) is 24.3. The molecule has 0 amide bonds. The predicted octanol–water partition coefficient (Wildman–Crippen LogP) is 4.23. The highest BCUT2D eigenvalue weighted by Gasteiger charge is 2.15. The topological polar surface area (TPSA) is 49.0 Å². The van der Waals surface area contributed by atoms with Gasteiger partial charge in [-0.3, -0.25) is 9.69 Å². The van der Waals surface area contributed by atoms with E-state index >= 15 is 0 Å². The number of thiophene rings is 1. The van der Waals surface area contributed by atoms with Crippen LogP contribution < -0.4 is 5.56 Å². The molecule has 1 atom stereocenters. The average molecular weight is 374 g/mol. The number of nitrogens with one attached hydrogen (secondary N) is 1. The summed E-state index contributed by atoms with van der Waals surface area (Å²) in [5.74, 6) is 1.82. The van der Waals surface area contributed by atoms with Crippen molar-refractivity contribution < 1.29 is 0 Å². The van der Waals surface area contributed by atoms with Crippen LogP contribution in [0, 0.1) is 0 Å². The highest BCUT2D eigenvalue weighted by Crippen LogP contribution is 2.30. The van der Waals surface area contributed by atoms with Crippen molar-refractivity contribution in [2.75, 3.05) is 19.1 Å². The third-order valence-electron chi connectivity index (χ3n) is 4.36. The molecule has 1 unspecified atom stereocenters. The molecule has 3 rings (SSSR count). The number of rotatable bonds is 7. The number of aromatic amines is 1. The van der Waals surface area contributed by atoms with Gasteiger partial charge in [-0.05, 0) is 31.4 Å². The van der Waals surface area contributed by atoms with Crippen molar-refractivity contribution in [3.63, 3.8) is 0 Å². The molecule has 0 aliphatic rings. The van der Waals surface area contributed by atoms with Gasteiger partial charge in [-0.2, -0.15) is 11.8 Å². The molecule has 3 aromatic rings. The lowest BCUT2D eigenvalue weighted by Crippen LogP contribution is -2.33. The van der Waals surface area contributed by atoms with E-state index in [1.54, 1.807) is 11.3 Å². The Morgan fingerprint density at radius 3 is 2.76 bits per heavy atom. The molecule has 1 N–H and O–H groups in total. The molecule has 2 heterocycles. The molecule has 25 heavy (non-hydrogen) atoms. The maximum atomic E-state index is 12.5. The molecule has 0 radical (unpaired) electrons. The van der Waals surface area contributed by atoms with E-state index in [2.05, 4.69) is 42.2 Å². The van der Waals surface area contributed by atoms with E-state index in [0.717, 1.165) is 33.3 Å². The lowest BCUT2D eigenvalue weighted by Gasteiger charge is -2.25. The predicted molar refractivity (Wildman–Crippen MR) is 110 cm³/mol. The molecule has 6 heteroatoms. The highest BCUT2D eigenvalue weighted by molar-refractivity contribution is 7.98. The van der Waals surface area contributed by atoms with Crippen LogP contribution in [0.5, 0.6) is 0 Å². The number of aromatic nitrogens is 2. The van der Waals surface area contributed by atoms with Crippen LogP contribution in [0.3, 0.4) is 0 Å². The molecule has 1 aromatic carbocycles. The smallest absolute Gasteiger partial charge is 0.259 e. The van der Waals surface area contributed by atoms with E-state index in [4.69, 9.17) is 4.98 Å². The molecule has 4 nitrogen and oxygen atoms in total. The Morgan fingerprint density at radius 2 is 2.08 bits per heavy atom. The van der Waals surface area contributed by atoms with Crippen molar-refractivity contribution in [3.8, 4) is 10.4 Å². The van der Waals surface area contributed by atoms with Crippen LogP contribution >= 0.6 is 23.1 Å². The Hall–Kier alpha value is -1.63. The fourth-order valence-electron chi connectivity index (χ4n) is 2.91. The fraction of sp³-hybridized carbons (Fsp3) is 0.368. The maximum absolute atomic E-state index is 12.5. The molecule has 0 saturated heterocycles. The number of H-pyrrole nitrogens is 1. The van der Waals surface area contributed by atoms with Gasteiger partial charge in [-0.15, -0.1) is 11.3 Å². The van der Waals surface area contributed by atoms with Crippen molar-refractivity contribution >= 4 is 33.3 Å². The van der Waals surface area contributed by atoms with E-state index < -0.39 is 0 Å². The molecule has 0 aliphatic heterocycles. The maximum Gasteiger partial charge on any atom is 0.259 e. The van der Waals surface area contributed by atoms with Gasteiger partial charge in [0.25, 0.3) is 5.56 Å². The van der Waals surface area contributed by atoms with Crippen molar-refractivity contribution in [1.29, 1.82) is 0 Å². The summed E-state index contributed by atoms with van der Waals surface area (Å²) in [5, 5.41) is 0.673. The summed E-state index contributed by atoms with van der Waals surface area (Å²) < 4.78 is 0. The monoisotopic (exact) mass is 373 g/mol. The van der Waals surface area contributed by atoms with E-state index in [0.29, 0.717) is 18.0 Å². The lowest BCUT2D eigenvalue weighted by atomic mass is 10.2. The van der Waals surface area contributed by atoms with Crippen molar-refractivity contribution in [2.45, 2.75) is 25.9 Å². The fourth-order valence-corrected chi connectivity index (χ4v) is 4.84. The molecule has 2 aromatic heterocycles. The lowest BCUT2D eigenvalue weighted by molar-refractivity contribution is 0.242. The van der Waals surface area contributed by atoms with Crippen LogP contribution in [0.1, 0.15) is 19.2 Å². The number of thioether (sulfide) groups is 1. The van der Waals surface area contributed by atoms with E-state index in [1.165, 1.54) is 0 Å². The van der Waals surface area contributed by atoms with Crippen LogP contribution in [0.15, 0.2) is 41.2 Å². The summed E-state index contributed by atoms with van der Waals surface area (Å²) in [6.07, 6.45) is 3.21. The Kier molecular flexibility index (Phi) is 5.93. The summed E-state index contributed by atoms with van der Waals surface area (Å²) in [6.45, 7) is 2.85. The van der Waals surface area contributed by atoms with Crippen LogP contribution in [-0.2, 0) is 6.54 Å². The second-order valence-corrected chi connectivity index (χ2v) is 8.08. The molecular weight excluding hydrogens is 350 g/mol. The first kappa shape index (κ1) is 18.2. The second-order valence-electron chi connectivity index (χ2n) is 6.14. The molecule has 0 aliphatic carbocycles. The molecule has 132 valence electrons. The summed E-state index contributed by atoms with van der Waals surface area (Å²) in [6, 6.07) is 12.6. The SMILES string of the molecule is CCC(CSC)N(C)Cc1nc2sc(-c3ccccc3)cc2c(=O)[nH]1. The zero-order valence-electron chi connectivity index (χ0n) is 14.8. The highest BCUT2D eigenvalue weighted by atomic mass is 32.2. The van der Waals surface area contributed by atoms with Crippen LogP contribution in [0.25, 0.3) is 20.7 Å². The summed E-state index contributed by atoms with van der Waals surface area (Å²) in [5.41, 5.74) is 1.07. The zero-order chi connectivity index (χ0) is 17.8. The van der Waals surface area contributed by atoms with Gasteiger partial charge in [0.05, 0.1) is 11.9 Å². The van der Waals surface area contributed by atoms with Gasteiger partial charge in [0.15, 0.2) is 0 Å². The molecule has 0 saturated carbocycles. The number of benzene rings is 1. The first-order valence-corrected chi connectivity index (χ1v) is 10.6. The van der Waals surface area contributed by atoms with E-state index in [1.807, 2.05) is 36.0 Å². The van der Waals surface area contributed by atoms with Gasteiger partial charge >= 0.3 is 0 Å². The van der Waals surface area contributed by atoms with Crippen LogP contribution in [0.4, 0.5) is 0 Å². The van der Waals surface area contributed by atoms with Crippen LogP contribution in [0.2, 0.25) is 0 Å². The second kappa shape index (κ2) is 8.17.